The number of hydrogen-bond acceptors (Lipinski definition) is 5. The molecule has 0 aliphatic rings. The van der Waals surface area contributed by atoms with Crippen molar-refractivity contribution in [2.75, 3.05) is 12.3 Å². The lowest BCUT2D eigenvalue weighted by atomic mass is 10.1. The Morgan fingerprint density at radius 2 is 2.24 bits per heavy atom. The fourth-order valence-electron chi connectivity index (χ4n) is 1.52. The number of aromatic nitrogens is 1. The molecule has 0 bridgehead atoms. The summed E-state index contributed by atoms with van der Waals surface area (Å²) in [5.41, 5.74) is 7.19. The molecule has 1 rings (SSSR count). The van der Waals surface area contributed by atoms with Crippen molar-refractivity contribution < 1.29 is 5.11 Å². The molecule has 0 aromatic carbocycles. The highest BCUT2D eigenvalue weighted by Gasteiger charge is 2.14. The normalized spacial score (nSPS) is 12.5. The minimum atomic E-state index is -0.683. The van der Waals surface area contributed by atoms with Crippen LogP contribution in [-0.4, -0.2) is 22.7 Å². The summed E-state index contributed by atoms with van der Waals surface area (Å²) in [5.74, 6) is 0.206. The van der Waals surface area contributed by atoms with Crippen molar-refractivity contribution in [3.05, 3.63) is 22.9 Å². The van der Waals surface area contributed by atoms with Crippen molar-refractivity contribution in [1.29, 1.82) is 5.26 Å². The monoisotopic (exact) mass is 234 g/mol. The highest BCUT2D eigenvalue weighted by Crippen LogP contribution is 2.20. The second-order valence-corrected chi connectivity index (χ2v) is 4.29. The number of aliphatic hydroxyl groups is 1. The number of nitrogens with two attached hydrogens (primary N) is 1. The molecule has 4 N–H and O–H groups in total. The van der Waals surface area contributed by atoms with Gasteiger partial charge in [-0.1, -0.05) is 13.8 Å². The van der Waals surface area contributed by atoms with Crippen molar-refractivity contribution in [3.63, 3.8) is 0 Å². The van der Waals surface area contributed by atoms with Gasteiger partial charge < -0.3 is 16.2 Å². The third-order valence-electron chi connectivity index (χ3n) is 2.48. The van der Waals surface area contributed by atoms with Crippen LogP contribution < -0.4 is 11.1 Å². The maximum Gasteiger partial charge on any atom is 0.141 e. The Balaban J connectivity index is 2.94. The van der Waals surface area contributed by atoms with Gasteiger partial charge in [-0.25, -0.2) is 4.98 Å². The van der Waals surface area contributed by atoms with E-state index in [0.29, 0.717) is 29.4 Å². The zero-order valence-electron chi connectivity index (χ0n) is 10.4. The zero-order valence-corrected chi connectivity index (χ0v) is 10.4. The van der Waals surface area contributed by atoms with Crippen LogP contribution in [0.3, 0.4) is 0 Å². The maximum atomic E-state index is 10.0. The Kier molecular flexibility index (Phi) is 4.44. The van der Waals surface area contributed by atoms with Gasteiger partial charge in [0.25, 0.3) is 0 Å². The molecule has 0 spiro atoms. The minimum Gasteiger partial charge on any atom is -0.387 e. The summed E-state index contributed by atoms with van der Waals surface area (Å²) in [7, 11) is 0. The largest absolute Gasteiger partial charge is 0.387 e. The van der Waals surface area contributed by atoms with Crippen LogP contribution in [0, 0.1) is 18.3 Å². The van der Waals surface area contributed by atoms with Crippen molar-refractivity contribution in [2.45, 2.75) is 32.9 Å². The van der Waals surface area contributed by atoms with Gasteiger partial charge in [0.2, 0.25) is 0 Å². The number of aryl methyl sites for hydroxylation is 1. The summed E-state index contributed by atoms with van der Waals surface area (Å²) in [6.45, 7) is 6.20. The van der Waals surface area contributed by atoms with Gasteiger partial charge in [-0.2, -0.15) is 5.26 Å². The van der Waals surface area contributed by atoms with E-state index in [0.717, 1.165) is 0 Å². The Hall–Kier alpha value is -1.64. The van der Waals surface area contributed by atoms with Crippen LogP contribution in [-0.2, 0) is 0 Å². The van der Waals surface area contributed by atoms with Crippen LogP contribution in [0.1, 0.15) is 36.8 Å². The number of rotatable bonds is 4. The Labute approximate surface area is 101 Å². The van der Waals surface area contributed by atoms with Gasteiger partial charge in [0.1, 0.15) is 11.9 Å². The zero-order chi connectivity index (χ0) is 13.0. The second kappa shape index (κ2) is 5.62. The van der Waals surface area contributed by atoms with Gasteiger partial charge in [-0.05, 0) is 13.0 Å². The Morgan fingerprint density at radius 1 is 1.59 bits per heavy atom. The highest BCUT2D eigenvalue weighted by atomic mass is 16.3. The Bertz CT molecular complexity index is 437. The quantitative estimate of drug-likeness (QED) is 0.718. The lowest BCUT2D eigenvalue weighted by Gasteiger charge is -2.16. The van der Waals surface area contributed by atoms with E-state index in [1.165, 1.54) is 0 Å². The molecule has 0 saturated heterocycles. The standard InChI is InChI=1S/C12H18N4O/c1-7(2)15-6-11(17)10-4-9(5-13)12(14)16-8(10)3/h4,7,11,15,17H,6H2,1-3H3,(H2,14,16). The topological polar surface area (TPSA) is 95.0 Å². The molecule has 0 aliphatic carbocycles. The molecule has 5 heteroatoms. The first-order chi connectivity index (χ1) is 7.95. The highest BCUT2D eigenvalue weighted by molar-refractivity contribution is 5.51. The van der Waals surface area contributed by atoms with Gasteiger partial charge >= 0.3 is 0 Å². The fourth-order valence-corrected chi connectivity index (χ4v) is 1.52. The first-order valence-corrected chi connectivity index (χ1v) is 5.54. The molecule has 0 saturated carbocycles. The predicted molar refractivity (Wildman–Crippen MR) is 66.2 cm³/mol. The third kappa shape index (κ3) is 3.41. The van der Waals surface area contributed by atoms with Gasteiger partial charge in [-0.3, -0.25) is 0 Å². The van der Waals surface area contributed by atoms with E-state index in [2.05, 4.69) is 10.3 Å². The summed E-state index contributed by atoms with van der Waals surface area (Å²) < 4.78 is 0. The number of pyridine rings is 1. The van der Waals surface area contributed by atoms with Crippen molar-refractivity contribution in [1.82, 2.24) is 10.3 Å². The van der Waals surface area contributed by atoms with Crippen molar-refractivity contribution in [3.8, 4) is 6.07 Å². The molecule has 0 aliphatic heterocycles. The number of nitrogen functional groups attached to an aromatic ring is 1. The molecule has 5 nitrogen and oxygen atoms in total. The van der Waals surface area contributed by atoms with E-state index in [-0.39, 0.29) is 5.82 Å². The number of aliphatic hydroxyl groups excluding tert-OH is 1. The SMILES string of the molecule is Cc1nc(N)c(C#N)cc1C(O)CNC(C)C. The smallest absolute Gasteiger partial charge is 0.141 e. The molecule has 1 aromatic heterocycles. The van der Waals surface area contributed by atoms with Gasteiger partial charge in [0.05, 0.1) is 11.7 Å². The van der Waals surface area contributed by atoms with Crippen molar-refractivity contribution >= 4 is 5.82 Å². The summed E-state index contributed by atoms with van der Waals surface area (Å²) >= 11 is 0. The number of nitrogens with one attached hydrogen (secondary N) is 1. The van der Waals surface area contributed by atoms with Crippen LogP contribution >= 0.6 is 0 Å². The number of nitrogens with zero attached hydrogens (tertiary/aromatic N) is 2. The molecule has 1 atom stereocenters. The number of hydrogen-bond donors (Lipinski definition) is 3. The maximum absolute atomic E-state index is 10.0. The number of anilines is 1. The van der Waals surface area contributed by atoms with Crippen LogP contribution in [0.5, 0.6) is 0 Å². The van der Waals surface area contributed by atoms with Crippen LogP contribution in [0.15, 0.2) is 6.07 Å². The minimum absolute atomic E-state index is 0.206. The first-order valence-electron chi connectivity index (χ1n) is 5.54. The van der Waals surface area contributed by atoms with E-state index in [4.69, 9.17) is 11.0 Å². The van der Waals surface area contributed by atoms with E-state index >= 15 is 0 Å². The molecule has 1 aromatic rings. The number of nitriles is 1. The molecule has 1 heterocycles. The second-order valence-electron chi connectivity index (χ2n) is 4.29. The lowest BCUT2D eigenvalue weighted by Crippen LogP contribution is -2.28. The third-order valence-corrected chi connectivity index (χ3v) is 2.48. The van der Waals surface area contributed by atoms with E-state index < -0.39 is 6.10 Å². The van der Waals surface area contributed by atoms with Crippen molar-refractivity contribution in [2.24, 2.45) is 0 Å². The average molecular weight is 234 g/mol. The molecule has 17 heavy (non-hydrogen) atoms. The first kappa shape index (κ1) is 13.4. The van der Waals surface area contributed by atoms with Gasteiger partial charge in [0, 0.05) is 23.8 Å². The van der Waals surface area contributed by atoms with Gasteiger partial charge in [-0.15, -0.1) is 0 Å². The molecular weight excluding hydrogens is 216 g/mol. The summed E-state index contributed by atoms with van der Waals surface area (Å²) in [6.07, 6.45) is -0.683. The Morgan fingerprint density at radius 3 is 2.76 bits per heavy atom. The molecular formula is C12H18N4O. The van der Waals surface area contributed by atoms with E-state index in [1.54, 1.807) is 13.0 Å². The summed E-state index contributed by atoms with van der Waals surface area (Å²) in [5, 5.41) is 22.0. The van der Waals surface area contributed by atoms with Crippen LogP contribution in [0.2, 0.25) is 0 Å². The molecule has 1 unspecified atom stereocenters. The molecule has 92 valence electrons. The average Bonchev–Trinajstić information content (AvgIpc) is 2.26. The lowest BCUT2D eigenvalue weighted by molar-refractivity contribution is 0.170. The van der Waals surface area contributed by atoms with Crippen LogP contribution in [0.25, 0.3) is 0 Å². The van der Waals surface area contributed by atoms with Crippen LogP contribution in [0.4, 0.5) is 5.82 Å². The molecule has 0 amide bonds. The fraction of sp³-hybridized carbons (Fsp3) is 0.500. The molecule has 0 fully saturated rings. The summed E-state index contributed by atoms with van der Waals surface area (Å²) in [4.78, 5) is 4.06. The molecule has 0 radical (unpaired) electrons. The van der Waals surface area contributed by atoms with E-state index in [9.17, 15) is 5.11 Å². The van der Waals surface area contributed by atoms with Gasteiger partial charge in [0.15, 0.2) is 0 Å². The predicted octanol–water partition coefficient (Wildman–Crippen LogP) is 0.875. The summed E-state index contributed by atoms with van der Waals surface area (Å²) in [6, 6.07) is 3.86. The van der Waals surface area contributed by atoms with E-state index in [1.807, 2.05) is 19.9 Å².